The van der Waals surface area contributed by atoms with Gasteiger partial charge in [-0.15, -0.1) is 0 Å². The zero-order valence-electron chi connectivity index (χ0n) is 11.5. The molecule has 0 bridgehead atoms. The van der Waals surface area contributed by atoms with Crippen LogP contribution in [0.25, 0.3) is 0 Å². The highest BCUT2D eigenvalue weighted by Gasteiger charge is 2.19. The third-order valence-electron chi connectivity index (χ3n) is 2.30. The summed E-state index contributed by atoms with van der Waals surface area (Å²) in [7, 11) is 5.46. The van der Waals surface area contributed by atoms with Crippen molar-refractivity contribution in [3.63, 3.8) is 0 Å². The Morgan fingerprint density at radius 2 is 2.00 bits per heavy atom. The molecule has 0 radical (unpaired) electrons. The smallest absolute Gasteiger partial charge is 0.204 e. The Morgan fingerprint density at radius 1 is 1.35 bits per heavy atom. The zero-order chi connectivity index (χ0) is 13.1. The lowest BCUT2D eigenvalue weighted by atomic mass is 9.96. The fourth-order valence-corrected chi connectivity index (χ4v) is 1.79. The van der Waals surface area contributed by atoms with Crippen molar-refractivity contribution in [3.8, 4) is 5.75 Å². The van der Waals surface area contributed by atoms with Gasteiger partial charge in [-0.05, 0) is 5.41 Å². The van der Waals surface area contributed by atoms with Gasteiger partial charge in [-0.2, -0.15) is 0 Å². The molecular formula is C12H22N4O. The Kier molecular flexibility index (Phi) is 4.15. The maximum absolute atomic E-state index is 5.37. The second-order valence-electron chi connectivity index (χ2n) is 5.25. The van der Waals surface area contributed by atoms with Crippen molar-refractivity contribution >= 4 is 11.6 Å². The third-order valence-corrected chi connectivity index (χ3v) is 2.30. The molecule has 0 aromatic carbocycles. The molecule has 0 saturated heterocycles. The molecule has 0 aliphatic rings. The van der Waals surface area contributed by atoms with Gasteiger partial charge in [0.25, 0.3) is 0 Å². The van der Waals surface area contributed by atoms with Gasteiger partial charge in [0.05, 0.1) is 7.11 Å². The summed E-state index contributed by atoms with van der Waals surface area (Å²) in [5.74, 6) is 2.20. The average molecular weight is 238 g/mol. The van der Waals surface area contributed by atoms with E-state index in [1.807, 2.05) is 14.1 Å². The summed E-state index contributed by atoms with van der Waals surface area (Å²) in [6, 6.07) is 0. The number of hydrogen-bond acceptors (Lipinski definition) is 5. The first kappa shape index (κ1) is 13.5. The number of methoxy groups -OCH3 is 1. The molecule has 1 aromatic heterocycles. The molecule has 0 unspecified atom stereocenters. The second kappa shape index (κ2) is 5.21. The van der Waals surface area contributed by atoms with E-state index >= 15 is 0 Å². The van der Waals surface area contributed by atoms with E-state index in [2.05, 4.69) is 41.0 Å². The van der Waals surface area contributed by atoms with Crippen molar-refractivity contribution < 1.29 is 4.74 Å². The Bertz CT molecular complexity index is 373. The Hall–Kier alpha value is -1.52. The first-order valence-electron chi connectivity index (χ1n) is 5.67. The summed E-state index contributed by atoms with van der Waals surface area (Å²) in [4.78, 5) is 10.5. The topological polar surface area (TPSA) is 50.3 Å². The minimum Gasteiger partial charge on any atom is -0.490 e. The minimum atomic E-state index is 0.199. The van der Waals surface area contributed by atoms with Crippen LogP contribution < -0.4 is 15.0 Å². The van der Waals surface area contributed by atoms with Crippen LogP contribution in [0.5, 0.6) is 5.75 Å². The quantitative estimate of drug-likeness (QED) is 0.869. The number of rotatable bonds is 4. The normalized spacial score (nSPS) is 11.2. The fraction of sp³-hybridized carbons (Fsp3) is 0.667. The molecule has 5 nitrogen and oxygen atoms in total. The van der Waals surface area contributed by atoms with Crippen molar-refractivity contribution in [2.45, 2.75) is 20.8 Å². The molecule has 1 heterocycles. The van der Waals surface area contributed by atoms with Crippen molar-refractivity contribution in [2.24, 2.45) is 5.41 Å². The van der Waals surface area contributed by atoms with Crippen molar-refractivity contribution in [1.29, 1.82) is 0 Å². The van der Waals surface area contributed by atoms with Crippen LogP contribution in [0.15, 0.2) is 6.33 Å². The molecule has 1 N–H and O–H groups in total. The van der Waals surface area contributed by atoms with Gasteiger partial charge in [0, 0.05) is 20.6 Å². The highest BCUT2D eigenvalue weighted by atomic mass is 16.5. The van der Waals surface area contributed by atoms with E-state index in [1.165, 1.54) is 0 Å². The van der Waals surface area contributed by atoms with Crippen LogP contribution in [-0.4, -0.2) is 37.7 Å². The van der Waals surface area contributed by atoms with Crippen molar-refractivity contribution in [2.75, 3.05) is 38.0 Å². The predicted octanol–water partition coefficient (Wildman–Crippen LogP) is 2.01. The SMILES string of the molecule is CNc1ncnc(N(C)CC(C)(C)C)c1OC. The number of nitrogens with one attached hydrogen (secondary N) is 1. The van der Waals surface area contributed by atoms with E-state index in [0.717, 1.165) is 12.4 Å². The third kappa shape index (κ3) is 3.47. The monoisotopic (exact) mass is 238 g/mol. The van der Waals surface area contributed by atoms with Crippen LogP contribution in [0.2, 0.25) is 0 Å². The van der Waals surface area contributed by atoms with Crippen molar-refractivity contribution in [3.05, 3.63) is 6.33 Å². The maximum Gasteiger partial charge on any atom is 0.204 e. The fourth-order valence-electron chi connectivity index (χ4n) is 1.79. The highest BCUT2D eigenvalue weighted by molar-refractivity contribution is 5.64. The summed E-state index contributed by atoms with van der Waals surface area (Å²) in [6.07, 6.45) is 1.54. The minimum absolute atomic E-state index is 0.199. The molecular weight excluding hydrogens is 216 g/mol. The summed E-state index contributed by atoms with van der Waals surface area (Å²) >= 11 is 0. The van der Waals surface area contributed by atoms with Crippen LogP contribution >= 0.6 is 0 Å². The van der Waals surface area contributed by atoms with Crippen LogP contribution in [0, 0.1) is 5.41 Å². The molecule has 1 rings (SSSR count). The summed E-state index contributed by atoms with van der Waals surface area (Å²) in [5.41, 5.74) is 0.199. The first-order valence-corrected chi connectivity index (χ1v) is 5.67. The number of nitrogens with zero attached hydrogens (tertiary/aromatic N) is 3. The molecule has 5 heteroatoms. The molecule has 0 atom stereocenters. The average Bonchev–Trinajstić information content (AvgIpc) is 2.25. The molecule has 0 aliphatic heterocycles. The lowest BCUT2D eigenvalue weighted by molar-refractivity contribution is 0.398. The van der Waals surface area contributed by atoms with E-state index in [1.54, 1.807) is 13.4 Å². The molecule has 0 spiro atoms. The lowest BCUT2D eigenvalue weighted by Gasteiger charge is -2.28. The standard InChI is InChI=1S/C12H22N4O/c1-12(2,3)7-16(5)11-9(17-6)10(13-4)14-8-15-11/h8H,7H2,1-6H3,(H,13,14,15). The van der Waals surface area contributed by atoms with Crippen LogP contribution in [-0.2, 0) is 0 Å². The van der Waals surface area contributed by atoms with Gasteiger partial charge in [0.1, 0.15) is 6.33 Å². The van der Waals surface area contributed by atoms with Gasteiger partial charge in [-0.1, -0.05) is 20.8 Å². The molecule has 0 saturated carbocycles. The number of aromatic nitrogens is 2. The first-order chi connectivity index (χ1) is 7.89. The Labute approximate surface area is 103 Å². The predicted molar refractivity (Wildman–Crippen MR) is 70.9 cm³/mol. The molecule has 0 aliphatic carbocycles. The Morgan fingerprint density at radius 3 is 2.47 bits per heavy atom. The molecule has 0 amide bonds. The van der Waals surface area contributed by atoms with Crippen LogP contribution in [0.3, 0.4) is 0 Å². The second-order valence-corrected chi connectivity index (χ2v) is 5.25. The van der Waals surface area contributed by atoms with Gasteiger partial charge in [-0.25, -0.2) is 9.97 Å². The summed E-state index contributed by atoms with van der Waals surface area (Å²) in [6.45, 7) is 7.46. The van der Waals surface area contributed by atoms with Gasteiger partial charge < -0.3 is 15.0 Å². The largest absolute Gasteiger partial charge is 0.490 e. The maximum atomic E-state index is 5.37. The van der Waals surface area contributed by atoms with Gasteiger partial charge >= 0.3 is 0 Å². The number of anilines is 2. The van der Waals surface area contributed by atoms with Gasteiger partial charge in [0.15, 0.2) is 11.6 Å². The number of hydrogen-bond donors (Lipinski definition) is 1. The Balaban J connectivity index is 3.04. The summed E-state index contributed by atoms with van der Waals surface area (Å²) in [5, 5.41) is 3.00. The van der Waals surface area contributed by atoms with Crippen LogP contribution in [0.1, 0.15) is 20.8 Å². The zero-order valence-corrected chi connectivity index (χ0v) is 11.5. The van der Waals surface area contributed by atoms with Crippen molar-refractivity contribution in [1.82, 2.24) is 9.97 Å². The van der Waals surface area contributed by atoms with Crippen LogP contribution in [0.4, 0.5) is 11.6 Å². The molecule has 17 heavy (non-hydrogen) atoms. The lowest BCUT2D eigenvalue weighted by Crippen LogP contribution is -2.30. The molecule has 96 valence electrons. The van der Waals surface area contributed by atoms with E-state index in [4.69, 9.17) is 4.74 Å². The van der Waals surface area contributed by atoms with E-state index in [0.29, 0.717) is 11.6 Å². The number of ether oxygens (including phenoxy) is 1. The molecule has 0 fully saturated rings. The molecule has 1 aromatic rings. The van der Waals surface area contributed by atoms with E-state index in [-0.39, 0.29) is 5.41 Å². The summed E-state index contributed by atoms with van der Waals surface area (Å²) < 4.78 is 5.37. The van der Waals surface area contributed by atoms with Gasteiger partial charge in [0.2, 0.25) is 5.75 Å². The highest BCUT2D eigenvalue weighted by Crippen LogP contribution is 2.32. The van der Waals surface area contributed by atoms with Gasteiger partial charge in [-0.3, -0.25) is 0 Å². The van der Waals surface area contributed by atoms with E-state index in [9.17, 15) is 0 Å². The van der Waals surface area contributed by atoms with E-state index < -0.39 is 0 Å².